The van der Waals surface area contributed by atoms with Gasteiger partial charge in [0.1, 0.15) is 5.75 Å². The summed E-state index contributed by atoms with van der Waals surface area (Å²) in [7, 11) is 0. The average molecular weight is 235 g/mol. The quantitative estimate of drug-likeness (QED) is 0.821. The lowest BCUT2D eigenvalue weighted by atomic mass is 9.77. The molecule has 0 fully saturated rings. The monoisotopic (exact) mass is 235 g/mol. The second-order valence-corrected chi connectivity index (χ2v) is 5.74. The van der Waals surface area contributed by atoms with Crippen molar-refractivity contribution in [2.24, 2.45) is 11.3 Å². The Morgan fingerprint density at radius 3 is 2.53 bits per heavy atom. The van der Waals surface area contributed by atoms with Crippen molar-refractivity contribution >= 4 is 0 Å². The molecule has 1 aromatic carbocycles. The van der Waals surface area contributed by atoms with Crippen molar-refractivity contribution in [3.63, 3.8) is 0 Å². The van der Waals surface area contributed by atoms with Gasteiger partial charge in [-0.25, -0.2) is 0 Å². The summed E-state index contributed by atoms with van der Waals surface area (Å²) in [6.45, 7) is 11.0. The molecule has 2 nitrogen and oxygen atoms in total. The Labute approximate surface area is 105 Å². The molecule has 17 heavy (non-hydrogen) atoms. The molecular formula is C15H25NO. The molecule has 0 aliphatic carbocycles. The van der Waals surface area contributed by atoms with Crippen LogP contribution in [0.1, 0.15) is 33.3 Å². The van der Waals surface area contributed by atoms with Gasteiger partial charge in [-0.05, 0) is 48.5 Å². The van der Waals surface area contributed by atoms with E-state index in [9.17, 15) is 5.11 Å². The first-order valence-electron chi connectivity index (χ1n) is 6.42. The first kappa shape index (κ1) is 14.0. The minimum Gasteiger partial charge on any atom is -0.508 e. The third-order valence-electron chi connectivity index (χ3n) is 3.26. The third-order valence-corrected chi connectivity index (χ3v) is 3.26. The zero-order chi connectivity index (χ0) is 12.9. The third kappa shape index (κ3) is 4.78. The maximum atomic E-state index is 9.49. The van der Waals surface area contributed by atoms with E-state index in [4.69, 9.17) is 0 Å². The van der Waals surface area contributed by atoms with Crippen LogP contribution in [0.3, 0.4) is 0 Å². The molecule has 0 radical (unpaired) electrons. The molecule has 0 heterocycles. The number of aromatic hydroxyl groups is 1. The Kier molecular flexibility index (Phi) is 5.01. The molecule has 0 aliphatic heterocycles. The first-order valence-corrected chi connectivity index (χ1v) is 6.42. The molecule has 0 spiro atoms. The summed E-state index contributed by atoms with van der Waals surface area (Å²) in [4.78, 5) is 0. The molecule has 0 aromatic heterocycles. The van der Waals surface area contributed by atoms with Gasteiger partial charge < -0.3 is 10.4 Å². The molecule has 0 aliphatic rings. The lowest BCUT2D eigenvalue weighted by Crippen LogP contribution is -2.33. The second kappa shape index (κ2) is 6.06. The van der Waals surface area contributed by atoms with Crippen molar-refractivity contribution in [2.45, 2.75) is 34.1 Å². The summed E-state index contributed by atoms with van der Waals surface area (Å²) in [5, 5.41) is 12.9. The molecule has 0 saturated heterocycles. The summed E-state index contributed by atoms with van der Waals surface area (Å²) in [5.41, 5.74) is 1.48. The topological polar surface area (TPSA) is 32.3 Å². The van der Waals surface area contributed by atoms with Gasteiger partial charge in [-0.15, -0.1) is 0 Å². The van der Waals surface area contributed by atoms with Gasteiger partial charge in [0.15, 0.2) is 0 Å². The van der Waals surface area contributed by atoms with E-state index in [0.717, 1.165) is 19.5 Å². The van der Waals surface area contributed by atoms with Gasteiger partial charge >= 0.3 is 0 Å². The van der Waals surface area contributed by atoms with Crippen molar-refractivity contribution in [1.82, 2.24) is 5.32 Å². The summed E-state index contributed by atoms with van der Waals surface area (Å²) < 4.78 is 0. The SMILES string of the molecule is CCNCC(Cc1cccc(O)c1)C(C)(C)C. The van der Waals surface area contributed by atoms with Gasteiger partial charge in [0, 0.05) is 0 Å². The fourth-order valence-electron chi connectivity index (χ4n) is 1.97. The van der Waals surface area contributed by atoms with Crippen LogP contribution in [-0.4, -0.2) is 18.2 Å². The lowest BCUT2D eigenvalue weighted by Gasteiger charge is -2.31. The average Bonchev–Trinajstić information content (AvgIpc) is 2.22. The summed E-state index contributed by atoms with van der Waals surface area (Å²) in [6, 6.07) is 7.59. The molecule has 1 rings (SSSR count). The van der Waals surface area contributed by atoms with Crippen molar-refractivity contribution < 1.29 is 5.11 Å². The van der Waals surface area contributed by atoms with Crippen molar-refractivity contribution in [2.75, 3.05) is 13.1 Å². The number of benzene rings is 1. The fraction of sp³-hybridized carbons (Fsp3) is 0.600. The van der Waals surface area contributed by atoms with E-state index < -0.39 is 0 Å². The highest BCUT2D eigenvalue weighted by atomic mass is 16.3. The van der Waals surface area contributed by atoms with E-state index in [1.165, 1.54) is 5.56 Å². The molecule has 2 N–H and O–H groups in total. The molecule has 1 atom stereocenters. The lowest BCUT2D eigenvalue weighted by molar-refractivity contribution is 0.232. The smallest absolute Gasteiger partial charge is 0.115 e. The van der Waals surface area contributed by atoms with Crippen molar-refractivity contribution in [3.05, 3.63) is 29.8 Å². The minimum atomic E-state index is 0.271. The highest BCUT2D eigenvalue weighted by Gasteiger charge is 2.24. The number of nitrogens with one attached hydrogen (secondary N) is 1. The van der Waals surface area contributed by atoms with E-state index in [1.807, 2.05) is 12.1 Å². The highest BCUT2D eigenvalue weighted by Crippen LogP contribution is 2.29. The van der Waals surface area contributed by atoms with Crippen LogP contribution in [-0.2, 0) is 6.42 Å². The molecule has 0 bridgehead atoms. The van der Waals surface area contributed by atoms with Gasteiger partial charge in [-0.3, -0.25) is 0 Å². The molecule has 1 aromatic rings. The van der Waals surface area contributed by atoms with Gasteiger partial charge in [0.05, 0.1) is 0 Å². The number of rotatable bonds is 5. The Bertz CT molecular complexity index is 341. The van der Waals surface area contributed by atoms with Crippen molar-refractivity contribution in [3.8, 4) is 5.75 Å². The standard InChI is InChI=1S/C15H25NO/c1-5-16-11-13(15(2,3)4)9-12-7-6-8-14(17)10-12/h6-8,10,13,16-17H,5,9,11H2,1-4H3. The van der Waals surface area contributed by atoms with Crippen molar-refractivity contribution in [1.29, 1.82) is 0 Å². The zero-order valence-corrected chi connectivity index (χ0v) is 11.5. The fourth-order valence-corrected chi connectivity index (χ4v) is 1.97. The van der Waals surface area contributed by atoms with Crippen LogP contribution >= 0.6 is 0 Å². The molecule has 0 saturated carbocycles. The molecular weight excluding hydrogens is 210 g/mol. The Hall–Kier alpha value is -1.02. The molecule has 2 heteroatoms. The molecule has 1 unspecified atom stereocenters. The maximum absolute atomic E-state index is 9.49. The Morgan fingerprint density at radius 1 is 1.29 bits per heavy atom. The number of hydrogen-bond donors (Lipinski definition) is 2. The first-order chi connectivity index (χ1) is 7.93. The van der Waals surface area contributed by atoms with Gasteiger partial charge in [0.25, 0.3) is 0 Å². The largest absolute Gasteiger partial charge is 0.508 e. The van der Waals surface area contributed by atoms with Crippen LogP contribution in [0.2, 0.25) is 0 Å². The normalized spacial score (nSPS) is 13.6. The van der Waals surface area contributed by atoms with E-state index in [2.05, 4.69) is 39.1 Å². The van der Waals surface area contributed by atoms with E-state index in [1.54, 1.807) is 6.07 Å². The highest BCUT2D eigenvalue weighted by molar-refractivity contribution is 5.27. The van der Waals surface area contributed by atoms with Crippen LogP contribution < -0.4 is 5.32 Å². The second-order valence-electron chi connectivity index (χ2n) is 5.74. The van der Waals surface area contributed by atoms with E-state index in [-0.39, 0.29) is 5.41 Å². The van der Waals surface area contributed by atoms with Crippen LogP contribution in [0, 0.1) is 11.3 Å². The Balaban J connectivity index is 2.72. The van der Waals surface area contributed by atoms with Gasteiger partial charge in [0.2, 0.25) is 0 Å². The van der Waals surface area contributed by atoms with E-state index in [0.29, 0.717) is 11.7 Å². The minimum absolute atomic E-state index is 0.271. The number of hydrogen-bond acceptors (Lipinski definition) is 2. The maximum Gasteiger partial charge on any atom is 0.115 e. The van der Waals surface area contributed by atoms with Crippen LogP contribution in [0.5, 0.6) is 5.75 Å². The number of phenols is 1. The van der Waals surface area contributed by atoms with Crippen LogP contribution in [0.4, 0.5) is 0 Å². The van der Waals surface area contributed by atoms with Crippen LogP contribution in [0.25, 0.3) is 0 Å². The van der Waals surface area contributed by atoms with Gasteiger partial charge in [-0.2, -0.15) is 0 Å². The predicted molar refractivity (Wildman–Crippen MR) is 73.3 cm³/mol. The summed E-state index contributed by atoms with van der Waals surface area (Å²) in [5.74, 6) is 0.933. The number of phenolic OH excluding ortho intramolecular Hbond substituents is 1. The zero-order valence-electron chi connectivity index (χ0n) is 11.5. The summed E-state index contributed by atoms with van der Waals surface area (Å²) >= 11 is 0. The predicted octanol–water partition coefficient (Wildman–Crippen LogP) is 3.21. The molecule has 96 valence electrons. The summed E-state index contributed by atoms with van der Waals surface area (Å²) in [6.07, 6.45) is 1.00. The Morgan fingerprint density at radius 2 is 2.00 bits per heavy atom. The van der Waals surface area contributed by atoms with E-state index >= 15 is 0 Å². The molecule has 0 amide bonds. The van der Waals surface area contributed by atoms with Crippen LogP contribution in [0.15, 0.2) is 24.3 Å². The van der Waals surface area contributed by atoms with Gasteiger partial charge in [-0.1, -0.05) is 39.8 Å².